The van der Waals surface area contributed by atoms with Crippen molar-refractivity contribution in [1.29, 1.82) is 0 Å². The van der Waals surface area contributed by atoms with Gasteiger partial charge in [-0.1, -0.05) is 11.6 Å². The van der Waals surface area contributed by atoms with E-state index >= 15 is 0 Å². The van der Waals surface area contributed by atoms with Crippen molar-refractivity contribution in [3.05, 3.63) is 56.2 Å². The van der Waals surface area contributed by atoms with E-state index in [0.717, 1.165) is 17.7 Å². The first-order chi connectivity index (χ1) is 8.00. The second-order valence-corrected chi connectivity index (χ2v) is 5.01. The van der Waals surface area contributed by atoms with E-state index in [4.69, 9.17) is 11.6 Å². The molecule has 0 radical (unpaired) electrons. The minimum Gasteiger partial charge on any atom is -0.383 e. The van der Waals surface area contributed by atoms with E-state index in [9.17, 15) is 13.9 Å². The van der Waals surface area contributed by atoms with Gasteiger partial charge in [0.1, 0.15) is 17.7 Å². The lowest BCUT2D eigenvalue weighted by Crippen LogP contribution is -2.03. The second kappa shape index (κ2) is 4.72. The molecule has 1 nitrogen and oxygen atoms in total. The van der Waals surface area contributed by atoms with E-state index in [1.165, 1.54) is 11.3 Å². The van der Waals surface area contributed by atoms with Crippen LogP contribution < -0.4 is 0 Å². The van der Waals surface area contributed by atoms with Crippen molar-refractivity contribution >= 4 is 22.9 Å². The number of aliphatic hydroxyl groups is 1. The molecule has 2 rings (SSSR count). The third kappa shape index (κ3) is 2.34. The van der Waals surface area contributed by atoms with E-state index in [-0.39, 0.29) is 10.6 Å². The van der Waals surface area contributed by atoms with E-state index in [1.54, 1.807) is 12.3 Å². The van der Waals surface area contributed by atoms with Crippen molar-refractivity contribution in [2.45, 2.75) is 13.0 Å². The first-order valence-corrected chi connectivity index (χ1v) is 6.13. The van der Waals surface area contributed by atoms with Crippen molar-refractivity contribution in [1.82, 2.24) is 0 Å². The molecule has 5 heteroatoms. The Labute approximate surface area is 106 Å². The zero-order chi connectivity index (χ0) is 12.6. The lowest BCUT2D eigenvalue weighted by atomic mass is 10.1. The molecule has 0 aliphatic heterocycles. The number of benzene rings is 1. The third-order valence-electron chi connectivity index (χ3n) is 2.48. The lowest BCUT2D eigenvalue weighted by molar-refractivity contribution is 0.217. The van der Waals surface area contributed by atoms with E-state index in [2.05, 4.69) is 0 Å². The molecule has 0 bridgehead atoms. The largest absolute Gasteiger partial charge is 0.383 e. The van der Waals surface area contributed by atoms with E-state index in [0.29, 0.717) is 4.88 Å². The Hall–Kier alpha value is -0.970. The van der Waals surface area contributed by atoms with Crippen LogP contribution in [-0.2, 0) is 0 Å². The van der Waals surface area contributed by atoms with Crippen molar-refractivity contribution in [2.75, 3.05) is 0 Å². The molecule has 17 heavy (non-hydrogen) atoms. The fraction of sp³-hybridized carbons (Fsp3) is 0.167. The van der Waals surface area contributed by atoms with Gasteiger partial charge in [-0.05, 0) is 36.1 Å². The highest BCUT2D eigenvalue weighted by Crippen LogP contribution is 2.32. The van der Waals surface area contributed by atoms with Crippen molar-refractivity contribution in [3.63, 3.8) is 0 Å². The van der Waals surface area contributed by atoms with Crippen LogP contribution in [0.1, 0.15) is 22.1 Å². The maximum Gasteiger partial charge on any atom is 0.142 e. The lowest BCUT2D eigenvalue weighted by Gasteiger charge is -2.12. The van der Waals surface area contributed by atoms with Gasteiger partial charge in [0, 0.05) is 10.4 Å². The fourth-order valence-electron chi connectivity index (χ4n) is 1.55. The topological polar surface area (TPSA) is 20.2 Å². The zero-order valence-corrected chi connectivity index (χ0v) is 10.4. The van der Waals surface area contributed by atoms with Gasteiger partial charge in [0.05, 0.1) is 5.02 Å². The molecule has 2 aromatic rings. The molecule has 1 unspecified atom stereocenters. The molecule has 0 spiro atoms. The molecule has 90 valence electrons. The summed E-state index contributed by atoms with van der Waals surface area (Å²) in [6, 6.07) is 3.62. The molecule has 1 aromatic carbocycles. The van der Waals surface area contributed by atoms with Crippen molar-refractivity contribution < 1.29 is 13.9 Å². The summed E-state index contributed by atoms with van der Waals surface area (Å²) >= 11 is 6.75. The van der Waals surface area contributed by atoms with Crippen LogP contribution in [0, 0.1) is 18.6 Å². The zero-order valence-electron chi connectivity index (χ0n) is 8.88. The molecular weight excluding hydrogens is 266 g/mol. The van der Waals surface area contributed by atoms with Crippen LogP contribution in [0.3, 0.4) is 0 Å². The molecule has 0 fully saturated rings. The summed E-state index contributed by atoms with van der Waals surface area (Å²) in [5.74, 6) is -1.45. The quantitative estimate of drug-likeness (QED) is 0.819. The molecule has 0 saturated carbocycles. The summed E-state index contributed by atoms with van der Waals surface area (Å²) < 4.78 is 26.9. The minimum absolute atomic E-state index is 0.0996. The average Bonchev–Trinajstić information content (AvgIpc) is 2.69. The summed E-state index contributed by atoms with van der Waals surface area (Å²) in [6.45, 7) is 1.80. The normalized spacial score (nSPS) is 12.8. The van der Waals surface area contributed by atoms with Gasteiger partial charge in [0.25, 0.3) is 0 Å². The van der Waals surface area contributed by atoms with Gasteiger partial charge >= 0.3 is 0 Å². The number of thiophene rings is 1. The first kappa shape index (κ1) is 12.5. The molecule has 0 aliphatic carbocycles. The number of rotatable bonds is 2. The van der Waals surface area contributed by atoms with Gasteiger partial charge in [-0.15, -0.1) is 11.3 Å². The van der Waals surface area contributed by atoms with Crippen molar-refractivity contribution in [3.8, 4) is 0 Å². The van der Waals surface area contributed by atoms with Crippen LogP contribution in [0.4, 0.5) is 8.78 Å². The maximum atomic E-state index is 13.6. The van der Waals surface area contributed by atoms with Crippen LogP contribution in [0.2, 0.25) is 5.02 Å². The summed E-state index contributed by atoms with van der Waals surface area (Å²) in [4.78, 5) is 0.602. The van der Waals surface area contributed by atoms with Gasteiger partial charge < -0.3 is 5.11 Å². The predicted octanol–water partition coefficient (Wildman–Crippen LogP) is 4.07. The number of halogens is 3. The maximum absolute atomic E-state index is 13.6. The van der Waals surface area contributed by atoms with Gasteiger partial charge in [-0.2, -0.15) is 0 Å². The van der Waals surface area contributed by atoms with Gasteiger partial charge in [0.2, 0.25) is 0 Å². The van der Waals surface area contributed by atoms with Gasteiger partial charge in [0.15, 0.2) is 0 Å². The number of aliphatic hydroxyl groups excluding tert-OH is 1. The standard InChI is InChI=1S/C12H9ClF2OS/c1-6-2-3-17-12(6)11(16)7-4-10(15)8(13)5-9(7)14/h2-5,11,16H,1H3. The highest BCUT2D eigenvalue weighted by molar-refractivity contribution is 7.10. The Morgan fingerprint density at radius 3 is 2.59 bits per heavy atom. The SMILES string of the molecule is Cc1ccsc1C(O)c1cc(F)c(Cl)cc1F. The molecule has 1 aromatic heterocycles. The third-order valence-corrected chi connectivity index (χ3v) is 3.85. The highest BCUT2D eigenvalue weighted by atomic mass is 35.5. The number of hydrogen-bond acceptors (Lipinski definition) is 2. The number of hydrogen-bond donors (Lipinski definition) is 1. The molecule has 0 aliphatic rings. The summed E-state index contributed by atoms with van der Waals surface area (Å²) in [6.07, 6.45) is -1.17. The molecule has 1 atom stereocenters. The minimum atomic E-state index is -1.17. The highest BCUT2D eigenvalue weighted by Gasteiger charge is 2.20. The molecule has 1 heterocycles. The smallest absolute Gasteiger partial charge is 0.142 e. The summed E-state index contributed by atoms with van der Waals surface area (Å²) in [7, 11) is 0. The first-order valence-electron chi connectivity index (χ1n) is 4.87. The Morgan fingerprint density at radius 2 is 2.00 bits per heavy atom. The Balaban J connectivity index is 2.48. The predicted molar refractivity (Wildman–Crippen MR) is 64.5 cm³/mol. The molecule has 1 N–H and O–H groups in total. The number of aryl methyl sites for hydroxylation is 1. The van der Waals surface area contributed by atoms with Gasteiger partial charge in [-0.25, -0.2) is 8.78 Å². The van der Waals surface area contributed by atoms with E-state index < -0.39 is 17.7 Å². The van der Waals surface area contributed by atoms with Crippen LogP contribution in [0.15, 0.2) is 23.6 Å². The molecule has 0 amide bonds. The van der Waals surface area contributed by atoms with Gasteiger partial charge in [-0.3, -0.25) is 0 Å². The fourth-order valence-corrected chi connectivity index (χ4v) is 2.63. The van der Waals surface area contributed by atoms with Crippen LogP contribution >= 0.6 is 22.9 Å². The Bertz CT molecular complexity index is 553. The second-order valence-electron chi connectivity index (χ2n) is 3.66. The van der Waals surface area contributed by atoms with Crippen LogP contribution in [0.5, 0.6) is 0 Å². The van der Waals surface area contributed by atoms with E-state index in [1.807, 2.05) is 6.07 Å². The van der Waals surface area contributed by atoms with Crippen LogP contribution in [-0.4, -0.2) is 5.11 Å². The van der Waals surface area contributed by atoms with Crippen molar-refractivity contribution in [2.24, 2.45) is 0 Å². The average molecular weight is 275 g/mol. The summed E-state index contributed by atoms with van der Waals surface area (Å²) in [5, 5.41) is 11.5. The molecule has 0 saturated heterocycles. The monoisotopic (exact) mass is 274 g/mol. The van der Waals surface area contributed by atoms with Crippen LogP contribution in [0.25, 0.3) is 0 Å². The molecular formula is C12H9ClF2OS. The summed E-state index contributed by atoms with van der Waals surface area (Å²) in [5.41, 5.74) is 0.745. The Morgan fingerprint density at radius 1 is 1.29 bits per heavy atom. The Kier molecular flexibility index (Phi) is 3.47.